The summed E-state index contributed by atoms with van der Waals surface area (Å²) in [6, 6.07) is 3.88. The molecule has 0 bridgehead atoms. The first-order valence-corrected chi connectivity index (χ1v) is 13.5. The van der Waals surface area contributed by atoms with Gasteiger partial charge in [-0.05, 0) is 31.0 Å². The smallest absolute Gasteiger partial charge is 0.390 e. The van der Waals surface area contributed by atoms with Gasteiger partial charge in [-0.15, -0.1) is 0 Å². The number of carbonyl (C=O) groups excluding carboxylic acids is 1. The van der Waals surface area contributed by atoms with Gasteiger partial charge in [0.05, 0.1) is 24.4 Å². The first-order chi connectivity index (χ1) is 17.7. The summed E-state index contributed by atoms with van der Waals surface area (Å²) < 4.78 is 79.9. The molecule has 1 aromatic carbocycles. The van der Waals surface area contributed by atoms with Gasteiger partial charge >= 0.3 is 6.18 Å². The maximum Gasteiger partial charge on any atom is 0.390 e. The predicted octanol–water partition coefficient (Wildman–Crippen LogP) is 2.98. The number of nitrogens with zero attached hydrogens (tertiary/aromatic N) is 4. The van der Waals surface area contributed by atoms with Crippen LogP contribution in [0.3, 0.4) is 0 Å². The van der Waals surface area contributed by atoms with Gasteiger partial charge in [0, 0.05) is 58.8 Å². The third-order valence-corrected chi connectivity index (χ3v) is 7.73. The molecule has 1 aromatic heterocycles. The number of hydrogen-bond donors (Lipinski definition) is 1. The molecule has 38 heavy (non-hydrogen) atoms. The van der Waals surface area contributed by atoms with Crippen LogP contribution in [0.4, 0.5) is 18.9 Å². The summed E-state index contributed by atoms with van der Waals surface area (Å²) in [5, 5.41) is -0.183. The van der Waals surface area contributed by atoms with Gasteiger partial charge in [-0.25, -0.2) is 4.98 Å². The molecule has 2 aromatic rings. The number of hydrogen-bond acceptors (Lipinski definition) is 7. The lowest BCUT2D eigenvalue weighted by molar-refractivity contribution is -0.140. The number of ether oxygens (including phenoxy) is 2. The summed E-state index contributed by atoms with van der Waals surface area (Å²) in [6.45, 7) is 3.93. The van der Waals surface area contributed by atoms with Crippen molar-refractivity contribution in [3.8, 4) is 5.75 Å². The number of methoxy groups -OCH3 is 1. The monoisotopic (exact) mass is 561 g/mol. The second-order valence-corrected chi connectivity index (χ2v) is 11.3. The van der Waals surface area contributed by atoms with Crippen molar-refractivity contribution in [2.24, 2.45) is 13.0 Å². The van der Waals surface area contributed by atoms with Crippen molar-refractivity contribution < 1.29 is 35.9 Å². The van der Waals surface area contributed by atoms with Crippen LogP contribution in [0.25, 0.3) is 0 Å². The number of fused-ring (bicyclic) bond motifs is 1. The number of aryl methyl sites for hydroxylation is 1. The Morgan fingerprint density at radius 3 is 2.53 bits per heavy atom. The molecule has 3 rings (SSSR count). The molecule has 1 aliphatic rings. The number of benzene rings is 1. The fraction of sp³-hybridized carbons (Fsp3) is 0.583. The fourth-order valence-corrected chi connectivity index (χ4v) is 5.26. The highest BCUT2D eigenvalue weighted by atomic mass is 32.2. The molecule has 2 heterocycles. The van der Waals surface area contributed by atoms with Gasteiger partial charge < -0.3 is 18.9 Å². The molecule has 0 spiro atoms. The highest BCUT2D eigenvalue weighted by Gasteiger charge is 2.32. The van der Waals surface area contributed by atoms with E-state index in [0.29, 0.717) is 6.54 Å². The quantitative estimate of drug-likeness (QED) is 0.578. The molecule has 14 heteroatoms. The van der Waals surface area contributed by atoms with Crippen LogP contribution >= 0.6 is 0 Å². The van der Waals surface area contributed by atoms with Gasteiger partial charge in [0.25, 0.3) is 15.9 Å². The number of anilines is 1. The van der Waals surface area contributed by atoms with Crippen molar-refractivity contribution >= 4 is 21.6 Å². The van der Waals surface area contributed by atoms with Gasteiger partial charge in [-0.3, -0.25) is 14.4 Å². The van der Waals surface area contributed by atoms with Crippen molar-refractivity contribution in [3.05, 3.63) is 36.3 Å². The minimum absolute atomic E-state index is 0.0191. The highest BCUT2D eigenvalue weighted by molar-refractivity contribution is 7.92. The van der Waals surface area contributed by atoms with E-state index in [-0.39, 0.29) is 47.6 Å². The Morgan fingerprint density at radius 1 is 1.21 bits per heavy atom. The zero-order valence-corrected chi connectivity index (χ0v) is 22.8. The van der Waals surface area contributed by atoms with Crippen LogP contribution in [-0.4, -0.2) is 92.4 Å². The summed E-state index contributed by atoms with van der Waals surface area (Å²) in [5.41, 5.74) is 0.231. The van der Waals surface area contributed by atoms with Crippen molar-refractivity contribution in [1.29, 1.82) is 0 Å². The Hall–Kier alpha value is -2.84. The molecule has 0 saturated carbocycles. The number of imidazole rings is 1. The highest BCUT2D eigenvalue weighted by Crippen LogP contribution is 2.28. The van der Waals surface area contributed by atoms with Crippen LogP contribution in [0.15, 0.2) is 35.7 Å². The maximum atomic E-state index is 13.4. The molecule has 212 valence electrons. The van der Waals surface area contributed by atoms with Crippen LogP contribution in [0.2, 0.25) is 0 Å². The Bertz CT molecular complexity index is 1220. The number of amides is 1. The number of rotatable bonds is 6. The van der Waals surface area contributed by atoms with E-state index in [2.05, 4.69) is 9.71 Å². The van der Waals surface area contributed by atoms with E-state index in [1.54, 1.807) is 25.9 Å². The predicted molar refractivity (Wildman–Crippen MR) is 135 cm³/mol. The summed E-state index contributed by atoms with van der Waals surface area (Å²) in [7, 11) is 0.698. The Labute approximate surface area is 220 Å². The van der Waals surface area contributed by atoms with Crippen molar-refractivity contribution in [2.75, 3.05) is 45.1 Å². The van der Waals surface area contributed by atoms with E-state index in [1.165, 1.54) is 47.3 Å². The zero-order chi connectivity index (χ0) is 28.3. The van der Waals surface area contributed by atoms with Crippen molar-refractivity contribution in [2.45, 2.75) is 43.6 Å². The molecule has 10 nitrogen and oxygen atoms in total. The minimum atomic E-state index is -4.30. The van der Waals surface area contributed by atoms with Gasteiger partial charge in [-0.1, -0.05) is 6.92 Å². The van der Waals surface area contributed by atoms with E-state index in [9.17, 15) is 26.4 Å². The number of likely N-dealkylation sites (N-methyl/N-ethyl adjacent to an activating group) is 1. The fourth-order valence-electron chi connectivity index (χ4n) is 4.23. The average Bonchev–Trinajstić information content (AvgIpc) is 3.29. The largest absolute Gasteiger partial charge is 0.491 e. The molecular weight excluding hydrogens is 527 g/mol. The Balaban J connectivity index is 1.94. The molecule has 3 atom stereocenters. The third-order valence-electron chi connectivity index (χ3n) is 6.47. The minimum Gasteiger partial charge on any atom is -0.491 e. The zero-order valence-electron chi connectivity index (χ0n) is 22.0. The number of aromatic nitrogens is 2. The number of halogens is 3. The molecule has 0 radical (unpaired) electrons. The van der Waals surface area contributed by atoms with E-state index in [1.807, 2.05) is 6.92 Å². The molecule has 1 N–H and O–H groups in total. The van der Waals surface area contributed by atoms with Gasteiger partial charge in [-0.2, -0.15) is 21.6 Å². The lowest BCUT2D eigenvalue weighted by Crippen LogP contribution is -2.47. The van der Waals surface area contributed by atoms with Gasteiger partial charge in [0.15, 0.2) is 5.03 Å². The topological polar surface area (TPSA) is 106 Å². The molecule has 0 fully saturated rings. The van der Waals surface area contributed by atoms with E-state index >= 15 is 0 Å². The number of alkyl halides is 3. The second kappa shape index (κ2) is 11.9. The second-order valence-electron chi connectivity index (χ2n) is 9.65. The van der Waals surface area contributed by atoms with Gasteiger partial charge in [0.1, 0.15) is 12.4 Å². The number of nitrogens with one attached hydrogen (secondary N) is 1. The standard InChI is InChI=1S/C24H34F3N5O5S/c1-16-11-32(9-8-24(25,26)27)17(2)14-37-20-7-6-18(29-38(34,35)22-13-30(3)15-28-22)10-19(20)23(33)31(4)12-21(16)36-5/h6-7,10,13,15-17,21,29H,8-9,11-12,14H2,1-5H3/t16-,17+,21-/m1/s1. The molecular formula is C24H34F3N5O5S. The molecule has 0 unspecified atom stereocenters. The Morgan fingerprint density at radius 2 is 1.92 bits per heavy atom. The summed E-state index contributed by atoms with van der Waals surface area (Å²) in [4.78, 5) is 20.4. The van der Waals surface area contributed by atoms with Crippen LogP contribution in [0.5, 0.6) is 5.75 Å². The van der Waals surface area contributed by atoms with Gasteiger partial charge in [0.2, 0.25) is 0 Å². The normalized spacial score (nSPS) is 22.3. The first kappa shape index (κ1) is 29.7. The maximum absolute atomic E-state index is 13.4. The average molecular weight is 562 g/mol. The SMILES string of the molecule is CO[C@@H]1CN(C)C(=O)c2cc(NS(=O)(=O)c3cn(C)cn3)ccc2OC[C@H](C)N(CCC(F)(F)F)C[C@H]1C. The van der Waals surface area contributed by atoms with E-state index in [4.69, 9.17) is 9.47 Å². The van der Waals surface area contributed by atoms with Crippen LogP contribution in [-0.2, 0) is 21.8 Å². The van der Waals surface area contributed by atoms with Crippen LogP contribution in [0.1, 0.15) is 30.6 Å². The van der Waals surface area contributed by atoms with Crippen molar-refractivity contribution in [1.82, 2.24) is 19.4 Å². The molecule has 0 saturated heterocycles. The summed E-state index contributed by atoms with van der Waals surface area (Å²) in [6.07, 6.45) is -3.01. The lowest BCUT2D eigenvalue weighted by atomic mass is 10.0. The molecule has 1 aliphatic heterocycles. The van der Waals surface area contributed by atoms with E-state index in [0.717, 1.165) is 0 Å². The molecule has 1 amide bonds. The van der Waals surface area contributed by atoms with Crippen LogP contribution < -0.4 is 9.46 Å². The third kappa shape index (κ3) is 7.60. The lowest BCUT2D eigenvalue weighted by Gasteiger charge is -2.36. The van der Waals surface area contributed by atoms with Crippen molar-refractivity contribution in [3.63, 3.8) is 0 Å². The number of sulfonamides is 1. The summed E-state index contributed by atoms with van der Waals surface area (Å²) in [5.74, 6) is -0.426. The van der Waals surface area contributed by atoms with E-state index < -0.39 is 40.7 Å². The molecule has 0 aliphatic carbocycles. The van der Waals surface area contributed by atoms with Crippen LogP contribution in [0, 0.1) is 5.92 Å². The Kier molecular flexibility index (Phi) is 9.31. The number of carbonyl (C=O) groups is 1. The summed E-state index contributed by atoms with van der Waals surface area (Å²) >= 11 is 0. The first-order valence-electron chi connectivity index (χ1n) is 12.1.